The number of halogens is 4. The van der Waals surface area contributed by atoms with Gasteiger partial charge in [0.1, 0.15) is 5.84 Å². The fourth-order valence-electron chi connectivity index (χ4n) is 2.16. The average Bonchev–Trinajstić information content (AvgIpc) is 2.48. The van der Waals surface area contributed by atoms with Crippen molar-refractivity contribution in [1.29, 1.82) is 0 Å². The highest BCUT2D eigenvalue weighted by Gasteiger charge is 2.34. The van der Waals surface area contributed by atoms with E-state index in [9.17, 15) is 13.2 Å². The zero-order valence-electron chi connectivity index (χ0n) is 12.1. The van der Waals surface area contributed by atoms with E-state index in [1.165, 1.54) is 0 Å². The number of benzene rings is 1. The van der Waals surface area contributed by atoms with Crippen molar-refractivity contribution < 1.29 is 13.2 Å². The van der Waals surface area contributed by atoms with Gasteiger partial charge in [0.25, 0.3) is 0 Å². The number of alkyl halides is 1. The van der Waals surface area contributed by atoms with Gasteiger partial charge in [-0.15, -0.1) is 0 Å². The molecule has 0 fully saturated rings. The summed E-state index contributed by atoms with van der Waals surface area (Å²) in [4.78, 5) is 4.37. The van der Waals surface area contributed by atoms with Crippen molar-refractivity contribution in [3.63, 3.8) is 0 Å². The van der Waals surface area contributed by atoms with E-state index in [0.29, 0.717) is 23.9 Å². The molecule has 0 radical (unpaired) electrons. The van der Waals surface area contributed by atoms with Crippen LogP contribution in [0.5, 0.6) is 0 Å². The summed E-state index contributed by atoms with van der Waals surface area (Å²) in [5, 5.41) is 0. The van der Waals surface area contributed by atoms with E-state index in [0.717, 1.165) is 12.5 Å². The molecule has 21 heavy (non-hydrogen) atoms. The van der Waals surface area contributed by atoms with Crippen molar-refractivity contribution in [2.45, 2.75) is 30.6 Å². The molecule has 0 aliphatic carbocycles. The molecule has 1 aromatic rings. The largest absolute Gasteiger partial charge is 0.386 e. The van der Waals surface area contributed by atoms with E-state index in [-0.39, 0.29) is 10.3 Å². The van der Waals surface area contributed by atoms with E-state index in [2.05, 4.69) is 20.9 Å². The van der Waals surface area contributed by atoms with Gasteiger partial charge in [-0.25, -0.2) is 8.78 Å². The minimum Gasteiger partial charge on any atom is -0.386 e. The fourth-order valence-corrected chi connectivity index (χ4v) is 3.19. The number of nitrogens with two attached hydrogens (primary N) is 1. The molecule has 1 aliphatic heterocycles. The molecule has 0 spiro atoms. The van der Waals surface area contributed by atoms with Gasteiger partial charge in [-0.05, 0) is 38.2 Å². The summed E-state index contributed by atoms with van der Waals surface area (Å²) in [6.45, 7) is 2.02. The van der Waals surface area contributed by atoms with Crippen LogP contribution in [0.15, 0.2) is 21.6 Å². The molecular weight excluding hydrogens is 365 g/mol. The molecule has 2 nitrogen and oxygen atoms in total. The molecule has 2 N–H and O–H groups in total. The molecule has 7 heteroatoms. The van der Waals surface area contributed by atoms with Crippen molar-refractivity contribution in [3.8, 4) is 0 Å². The Morgan fingerprint density at radius 2 is 2.00 bits per heavy atom. The number of rotatable bonds is 2. The predicted octanol–water partition coefficient (Wildman–Crippen LogP) is 4.63. The van der Waals surface area contributed by atoms with Crippen LogP contribution < -0.4 is 5.73 Å². The Labute approximate surface area is 135 Å². The zero-order chi connectivity index (χ0) is 16.2. The molecule has 2 atom stereocenters. The van der Waals surface area contributed by atoms with Gasteiger partial charge in [0, 0.05) is 10.0 Å². The Morgan fingerprint density at radius 3 is 2.52 bits per heavy atom. The molecule has 2 rings (SSSR count). The maximum absolute atomic E-state index is 13.9. The first-order valence-corrected chi connectivity index (χ1v) is 8.30. The quantitative estimate of drug-likeness (QED) is 0.757. The van der Waals surface area contributed by atoms with Crippen LogP contribution in [-0.2, 0) is 0 Å². The van der Waals surface area contributed by atoms with Crippen LogP contribution in [0.1, 0.15) is 31.4 Å². The maximum Gasteiger partial charge on any atom is 0.164 e. The van der Waals surface area contributed by atoms with E-state index >= 15 is 0 Å². The third kappa shape index (κ3) is 3.94. The number of hydrogen-bond acceptors (Lipinski definition) is 3. The molecule has 1 heterocycles. The van der Waals surface area contributed by atoms with Crippen molar-refractivity contribution in [2.24, 2.45) is 10.7 Å². The number of thioether (sulfide) groups is 1. The first kappa shape index (κ1) is 18.4. The normalized spacial score (nSPS) is 24.9. The lowest BCUT2D eigenvalue weighted by Gasteiger charge is -2.33. The second kappa shape index (κ2) is 7.54. The first-order valence-electron chi connectivity index (χ1n) is 6.28. The fraction of sp³-hybridized carbons (Fsp3) is 0.500. The minimum atomic E-state index is -0.864. The summed E-state index contributed by atoms with van der Waals surface area (Å²) in [7, 11) is 0.500. The molecule has 0 bridgehead atoms. The van der Waals surface area contributed by atoms with Crippen LogP contribution in [0.2, 0.25) is 0 Å². The van der Waals surface area contributed by atoms with Gasteiger partial charge >= 0.3 is 0 Å². The van der Waals surface area contributed by atoms with Crippen LogP contribution in [0.25, 0.3) is 0 Å². The predicted molar refractivity (Wildman–Crippen MR) is 86.6 cm³/mol. The Bertz CT molecular complexity index is 539. The molecular formula is C14H18BrF3N2S. The highest BCUT2D eigenvalue weighted by atomic mass is 79.9. The molecule has 1 aliphatic rings. The summed E-state index contributed by atoms with van der Waals surface area (Å²) in [5.74, 6) is -1.20. The van der Waals surface area contributed by atoms with Gasteiger partial charge in [-0.2, -0.15) is 11.8 Å². The topological polar surface area (TPSA) is 38.4 Å². The Balaban J connectivity index is 0.00000106. The second-order valence-electron chi connectivity index (χ2n) is 4.79. The Morgan fingerprint density at radius 1 is 1.38 bits per heavy atom. The average molecular weight is 383 g/mol. The van der Waals surface area contributed by atoms with E-state index in [1.807, 2.05) is 13.2 Å². The number of hydrogen-bond donors (Lipinski definition) is 1. The second-order valence-corrected chi connectivity index (χ2v) is 7.02. The van der Waals surface area contributed by atoms with Crippen molar-refractivity contribution >= 4 is 33.5 Å². The van der Waals surface area contributed by atoms with Crippen LogP contribution in [0.4, 0.5) is 13.2 Å². The van der Waals surface area contributed by atoms with Gasteiger partial charge in [0.15, 0.2) is 11.6 Å². The summed E-state index contributed by atoms with van der Waals surface area (Å²) in [6.07, 6.45) is 3.43. The van der Waals surface area contributed by atoms with Crippen LogP contribution in [0, 0.1) is 11.6 Å². The maximum atomic E-state index is 13.9. The summed E-state index contributed by atoms with van der Waals surface area (Å²) < 4.78 is 37.1. The molecule has 1 aromatic carbocycles. The molecule has 0 aromatic heterocycles. The van der Waals surface area contributed by atoms with Crippen molar-refractivity contribution in [2.75, 3.05) is 13.4 Å². The molecule has 0 saturated heterocycles. The van der Waals surface area contributed by atoms with Crippen LogP contribution >= 0.6 is 27.7 Å². The number of nitrogens with zero attached hydrogens (tertiary/aromatic N) is 1. The third-order valence-corrected chi connectivity index (χ3v) is 5.33. The summed E-state index contributed by atoms with van der Waals surface area (Å²) in [5.41, 5.74) is 6.24. The molecule has 0 saturated carbocycles. The standard InChI is InChI=1S/C13H15BrF2N2S.CH3F/c1-13(19-2)4-3-10(18-12(13)17)8-5-7(14)6-9(15)11(8)16;1-2/h5-6,10H,3-4H2,1-2H3,(H2,17,18);1H3. The number of aliphatic imine (C=N–C) groups is 1. The molecule has 118 valence electrons. The molecule has 2 unspecified atom stereocenters. The minimum absolute atomic E-state index is 0.211. The highest BCUT2D eigenvalue weighted by Crippen LogP contribution is 2.39. The smallest absolute Gasteiger partial charge is 0.164 e. The third-order valence-electron chi connectivity index (χ3n) is 3.56. The van der Waals surface area contributed by atoms with E-state index < -0.39 is 17.7 Å². The monoisotopic (exact) mass is 382 g/mol. The van der Waals surface area contributed by atoms with E-state index in [4.69, 9.17) is 5.73 Å². The van der Waals surface area contributed by atoms with Crippen molar-refractivity contribution in [3.05, 3.63) is 33.8 Å². The first-order chi connectivity index (χ1) is 9.87. The lowest BCUT2D eigenvalue weighted by molar-refractivity contribution is 0.469. The van der Waals surface area contributed by atoms with Crippen LogP contribution in [0.3, 0.4) is 0 Å². The van der Waals surface area contributed by atoms with E-state index in [1.54, 1.807) is 17.8 Å². The summed E-state index contributed by atoms with van der Waals surface area (Å²) in [6, 6.07) is 2.27. The zero-order valence-corrected chi connectivity index (χ0v) is 14.5. The van der Waals surface area contributed by atoms with Gasteiger partial charge in [-0.1, -0.05) is 15.9 Å². The highest BCUT2D eigenvalue weighted by molar-refractivity contribution is 9.10. The number of amidine groups is 1. The van der Waals surface area contributed by atoms with Gasteiger partial charge < -0.3 is 5.73 Å². The van der Waals surface area contributed by atoms with Crippen molar-refractivity contribution in [1.82, 2.24) is 0 Å². The Kier molecular flexibility index (Phi) is 6.59. The van der Waals surface area contributed by atoms with Gasteiger partial charge in [0.2, 0.25) is 0 Å². The SMILES string of the molecule is CF.CSC1(C)CCC(c2cc(Br)cc(F)c2F)N=C1N. The molecule has 0 amide bonds. The van der Waals surface area contributed by atoms with Gasteiger partial charge in [0.05, 0.1) is 18.0 Å². The van der Waals surface area contributed by atoms with Gasteiger partial charge in [-0.3, -0.25) is 9.38 Å². The Hall–Kier alpha value is -0.690. The van der Waals surface area contributed by atoms with Crippen LogP contribution in [-0.4, -0.2) is 24.0 Å². The lowest BCUT2D eigenvalue weighted by atomic mass is 9.92. The summed E-state index contributed by atoms with van der Waals surface area (Å²) >= 11 is 4.81. The lowest BCUT2D eigenvalue weighted by Crippen LogP contribution is -2.41.